The van der Waals surface area contributed by atoms with Crippen LogP contribution >= 0.6 is 0 Å². The van der Waals surface area contributed by atoms with Gasteiger partial charge in [0.15, 0.2) is 0 Å². The summed E-state index contributed by atoms with van der Waals surface area (Å²) < 4.78 is 13.3. The van der Waals surface area contributed by atoms with E-state index in [4.69, 9.17) is 9.47 Å². The van der Waals surface area contributed by atoms with Crippen molar-refractivity contribution in [2.24, 2.45) is 7.05 Å². The van der Waals surface area contributed by atoms with Crippen molar-refractivity contribution in [2.75, 3.05) is 13.2 Å². The van der Waals surface area contributed by atoms with Crippen LogP contribution in [0.4, 0.5) is 0 Å². The van der Waals surface area contributed by atoms with E-state index in [-0.39, 0.29) is 5.60 Å². The van der Waals surface area contributed by atoms with Crippen LogP contribution in [-0.4, -0.2) is 23.4 Å². The standard InChI is InChI=1S/C15H20NO2/c1-15(2,3)18-10-9-17-13-5-6-14-12(11-13)7-8-16(14)4/h5-6,8,11H,9-10H2,1-4H3. The van der Waals surface area contributed by atoms with Gasteiger partial charge in [-0.15, -0.1) is 0 Å². The van der Waals surface area contributed by atoms with Gasteiger partial charge >= 0.3 is 0 Å². The Morgan fingerprint density at radius 1 is 1.22 bits per heavy atom. The molecule has 1 aromatic carbocycles. The Balaban J connectivity index is 1.92. The molecule has 97 valence electrons. The number of fused-ring (bicyclic) bond motifs is 1. The second-order valence-electron chi connectivity index (χ2n) is 5.37. The van der Waals surface area contributed by atoms with E-state index >= 15 is 0 Å². The number of nitrogens with zero attached hydrogens (tertiary/aromatic N) is 1. The van der Waals surface area contributed by atoms with Gasteiger partial charge in [0.25, 0.3) is 0 Å². The monoisotopic (exact) mass is 246 g/mol. The van der Waals surface area contributed by atoms with Crippen LogP contribution in [0.25, 0.3) is 10.9 Å². The van der Waals surface area contributed by atoms with Crippen LogP contribution in [0.1, 0.15) is 20.8 Å². The van der Waals surface area contributed by atoms with Gasteiger partial charge in [0.1, 0.15) is 12.4 Å². The zero-order chi connectivity index (χ0) is 13.2. The predicted molar refractivity (Wildman–Crippen MR) is 73.0 cm³/mol. The molecule has 1 heterocycles. The highest BCUT2D eigenvalue weighted by Gasteiger charge is 2.09. The summed E-state index contributed by atoms with van der Waals surface area (Å²) in [6.07, 6.45) is 1.93. The van der Waals surface area contributed by atoms with Crippen LogP contribution in [-0.2, 0) is 11.8 Å². The van der Waals surface area contributed by atoms with Crippen molar-refractivity contribution in [1.82, 2.24) is 4.57 Å². The first kappa shape index (κ1) is 13.0. The number of hydrogen-bond donors (Lipinski definition) is 0. The fourth-order valence-electron chi connectivity index (χ4n) is 1.77. The first-order chi connectivity index (χ1) is 8.46. The van der Waals surface area contributed by atoms with E-state index in [1.54, 1.807) is 0 Å². The van der Waals surface area contributed by atoms with Gasteiger partial charge in [-0.1, -0.05) is 0 Å². The summed E-state index contributed by atoms with van der Waals surface area (Å²) in [5, 5.41) is 1.08. The maximum atomic E-state index is 5.66. The number of aryl methyl sites for hydroxylation is 1. The minimum absolute atomic E-state index is 0.111. The van der Waals surface area contributed by atoms with Crippen LogP contribution in [0.2, 0.25) is 0 Å². The summed E-state index contributed by atoms with van der Waals surface area (Å²) in [5.74, 6) is 0.863. The molecule has 1 radical (unpaired) electrons. The molecule has 0 spiro atoms. The molecule has 0 atom stereocenters. The SMILES string of the molecule is Cn1c[c]c2cc(OCCOC(C)(C)C)ccc21. The Bertz CT molecular complexity index is 523. The van der Waals surface area contributed by atoms with Crippen molar-refractivity contribution in [2.45, 2.75) is 26.4 Å². The second-order valence-corrected chi connectivity index (χ2v) is 5.37. The lowest BCUT2D eigenvalue weighted by Gasteiger charge is -2.19. The second kappa shape index (κ2) is 5.02. The van der Waals surface area contributed by atoms with Gasteiger partial charge in [-0.05, 0) is 39.0 Å². The Morgan fingerprint density at radius 2 is 2.00 bits per heavy atom. The first-order valence-corrected chi connectivity index (χ1v) is 6.19. The topological polar surface area (TPSA) is 23.4 Å². The molecule has 0 unspecified atom stereocenters. The first-order valence-electron chi connectivity index (χ1n) is 6.19. The molecule has 18 heavy (non-hydrogen) atoms. The normalized spacial score (nSPS) is 12.0. The number of rotatable bonds is 4. The third-order valence-corrected chi connectivity index (χ3v) is 2.65. The molecule has 3 nitrogen and oxygen atoms in total. The molecule has 0 saturated carbocycles. The van der Waals surface area contributed by atoms with E-state index in [0.29, 0.717) is 13.2 Å². The Morgan fingerprint density at radius 3 is 2.72 bits per heavy atom. The lowest BCUT2D eigenvalue weighted by Crippen LogP contribution is -2.22. The van der Waals surface area contributed by atoms with Gasteiger partial charge < -0.3 is 14.0 Å². The van der Waals surface area contributed by atoms with Crippen molar-refractivity contribution in [3.63, 3.8) is 0 Å². The third kappa shape index (κ3) is 3.26. The zero-order valence-corrected chi connectivity index (χ0v) is 11.5. The number of aromatic nitrogens is 1. The van der Waals surface area contributed by atoms with E-state index in [1.807, 2.05) is 56.8 Å². The Kier molecular flexibility index (Phi) is 3.62. The van der Waals surface area contributed by atoms with Crippen molar-refractivity contribution in [3.8, 4) is 5.75 Å². The Labute approximate surface area is 108 Å². The van der Waals surface area contributed by atoms with Gasteiger partial charge in [-0.3, -0.25) is 0 Å². The average Bonchev–Trinajstić information content (AvgIpc) is 2.65. The van der Waals surface area contributed by atoms with Crippen LogP contribution < -0.4 is 4.74 Å². The lowest BCUT2D eigenvalue weighted by atomic mass is 10.2. The minimum Gasteiger partial charge on any atom is -0.491 e. The van der Waals surface area contributed by atoms with Gasteiger partial charge in [-0.25, -0.2) is 0 Å². The molecule has 2 aromatic rings. The smallest absolute Gasteiger partial charge is 0.120 e. The summed E-state index contributed by atoms with van der Waals surface area (Å²) >= 11 is 0. The van der Waals surface area contributed by atoms with E-state index in [9.17, 15) is 0 Å². The van der Waals surface area contributed by atoms with Crippen LogP contribution in [0.3, 0.4) is 0 Å². The van der Waals surface area contributed by atoms with Gasteiger partial charge in [0, 0.05) is 30.2 Å². The van der Waals surface area contributed by atoms with E-state index in [0.717, 1.165) is 16.7 Å². The highest BCUT2D eigenvalue weighted by Crippen LogP contribution is 2.20. The zero-order valence-electron chi connectivity index (χ0n) is 11.5. The molecule has 0 N–H and O–H groups in total. The summed E-state index contributed by atoms with van der Waals surface area (Å²) in [7, 11) is 2.01. The average molecular weight is 246 g/mol. The molecule has 1 aromatic heterocycles. The van der Waals surface area contributed by atoms with Gasteiger partial charge in [0.05, 0.1) is 12.2 Å². The highest BCUT2D eigenvalue weighted by atomic mass is 16.5. The maximum Gasteiger partial charge on any atom is 0.120 e. The van der Waals surface area contributed by atoms with Crippen LogP contribution in [0.5, 0.6) is 5.75 Å². The number of ether oxygens (including phenoxy) is 2. The molecule has 0 saturated heterocycles. The molecular formula is C15H20NO2. The molecule has 3 heteroatoms. The molecule has 2 rings (SSSR count). The van der Waals surface area contributed by atoms with Gasteiger partial charge in [-0.2, -0.15) is 0 Å². The number of hydrogen-bond acceptors (Lipinski definition) is 2. The fraction of sp³-hybridized carbons (Fsp3) is 0.467. The maximum absolute atomic E-state index is 5.66. The van der Waals surface area contributed by atoms with Crippen molar-refractivity contribution in [3.05, 3.63) is 30.5 Å². The molecule has 0 amide bonds. The largest absolute Gasteiger partial charge is 0.491 e. The fourth-order valence-corrected chi connectivity index (χ4v) is 1.77. The van der Waals surface area contributed by atoms with Crippen molar-refractivity contribution >= 4 is 10.9 Å². The van der Waals surface area contributed by atoms with E-state index in [2.05, 4.69) is 6.07 Å². The van der Waals surface area contributed by atoms with E-state index in [1.165, 1.54) is 0 Å². The lowest BCUT2D eigenvalue weighted by molar-refractivity contribution is -0.0162. The van der Waals surface area contributed by atoms with Gasteiger partial charge in [0.2, 0.25) is 0 Å². The number of benzene rings is 1. The summed E-state index contributed by atoms with van der Waals surface area (Å²) in [6, 6.07) is 9.23. The third-order valence-electron chi connectivity index (χ3n) is 2.65. The summed E-state index contributed by atoms with van der Waals surface area (Å²) in [5.41, 5.74) is 1.05. The molecule has 0 bridgehead atoms. The van der Waals surface area contributed by atoms with Crippen molar-refractivity contribution < 1.29 is 9.47 Å². The minimum atomic E-state index is -0.111. The van der Waals surface area contributed by atoms with Crippen molar-refractivity contribution in [1.29, 1.82) is 0 Å². The Hall–Kier alpha value is -1.48. The molecule has 0 aliphatic carbocycles. The van der Waals surface area contributed by atoms with Crippen LogP contribution in [0.15, 0.2) is 24.4 Å². The predicted octanol–water partition coefficient (Wildman–Crippen LogP) is 3.17. The highest BCUT2D eigenvalue weighted by molar-refractivity contribution is 5.80. The molecule has 0 fully saturated rings. The molecule has 0 aliphatic heterocycles. The van der Waals surface area contributed by atoms with E-state index < -0.39 is 0 Å². The molecular weight excluding hydrogens is 226 g/mol. The molecule has 0 aliphatic rings. The quantitative estimate of drug-likeness (QED) is 0.773. The summed E-state index contributed by atoms with van der Waals surface area (Å²) in [4.78, 5) is 0. The summed E-state index contributed by atoms with van der Waals surface area (Å²) in [6.45, 7) is 7.28. The van der Waals surface area contributed by atoms with Crippen LogP contribution in [0, 0.1) is 6.07 Å².